The van der Waals surface area contributed by atoms with Crippen LogP contribution >= 0.6 is 0 Å². The SMILES string of the molecule is O=C(c1cccc(S(=O)(=O)N2CCOCC2)c1)N1CCC(C2OCCO2)CC1. The van der Waals surface area contributed by atoms with E-state index in [1.54, 1.807) is 23.1 Å². The Bertz CT molecular complexity index is 794. The van der Waals surface area contributed by atoms with E-state index < -0.39 is 10.0 Å². The second-order valence-electron chi connectivity index (χ2n) is 7.28. The Morgan fingerprint density at radius 2 is 1.64 bits per heavy atom. The zero-order chi connectivity index (χ0) is 19.6. The average Bonchev–Trinajstić information content (AvgIpc) is 3.29. The lowest BCUT2D eigenvalue weighted by Crippen LogP contribution is -2.42. The maximum atomic E-state index is 12.9. The number of amides is 1. The fourth-order valence-electron chi connectivity index (χ4n) is 3.93. The molecule has 0 aliphatic carbocycles. The molecule has 8 nitrogen and oxygen atoms in total. The number of benzene rings is 1. The molecule has 3 fully saturated rings. The molecule has 3 aliphatic heterocycles. The van der Waals surface area contributed by atoms with Crippen molar-refractivity contribution in [1.82, 2.24) is 9.21 Å². The van der Waals surface area contributed by atoms with Crippen LogP contribution in [-0.2, 0) is 24.2 Å². The molecule has 0 N–H and O–H groups in total. The standard InChI is InChI=1S/C19H26N2O6S/c22-18(20-6-4-15(5-7-20)19-26-12-13-27-19)16-2-1-3-17(14-16)28(23,24)21-8-10-25-11-9-21/h1-3,14-15,19H,4-13H2. The number of hydrogen-bond acceptors (Lipinski definition) is 6. The first-order chi connectivity index (χ1) is 13.6. The van der Waals surface area contributed by atoms with Crippen LogP contribution in [0.15, 0.2) is 29.2 Å². The minimum absolute atomic E-state index is 0.134. The third kappa shape index (κ3) is 4.08. The molecule has 3 heterocycles. The molecule has 0 bridgehead atoms. The number of piperidine rings is 1. The molecule has 4 rings (SSSR count). The van der Waals surface area contributed by atoms with Crippen LogP contribution in [0.1, 0.15) is 23.2 Å². The molecule has 3 saturated heterocycles. The van der Waals surface area contributed by atoms with E-state index in [0.29, 0.717) is 64.1 Å². The third-order valence-corrected chi connectivity index (χ3v) is 7.44. The van der Waals surface area contributed by atoms with Crippen LogP contribution in [0.2, 0.25) is 0 Å². The Kier molecular flexibility index (Phi) is 5.98. The fourth-order valence-corrected chi connectivity index (χ4v) is 5.39. The number of hydrogen-bond donors (Lipinski definition) is 0. The number of sulfonamides is 1. The molecule has 0 aromatic heterocycles. The van der Waals surface area contributed by atoms with Crippen LogP contribution in [0.5, 0.6) is 0 Å². The van der Waals surface area contributed by atoms with Gasteiger partial charge in [-0.1, -0.05) is 6.07 Å². The molecular formula is C19H26N2O6S. The lowest BCUT2D eigenvalue weighted by Gasteiger charge is -2.34. The van der Waals surface area contributed by atoms with E-state index >= 15 is 0 Å². The summed E-state index contributed by atoms with van der Waals surface area (Å²) in [7, 11) is -3.62. The van der Waals surface area contributed by atoms with Crippen LogP contribution in [0.4, 0.5) is 0 Å². The first kappa shape index (κ1) is 19.8. The molecular weight excluding hydrogens is 384 g/mol. The molecule has 1 aromatic carbocycles. The molecule has 9 heteroatoms. The summed E-state index contributed by atoms with van der Waals surface area (Å²) in [5.41, 5.74) is 0.404. The predicted molar refractivity (Wildman–Crippen MR) is 100 cm³/mol. The van der Waals surface area contributed by atoms with Crippen LogP contribution in [0.3, 0.4) is 0 Å². The highest BCUT2D eigenvalue weighted by atomic mass is 32.2. The molecule has 28 heavy (non-hydrogen) atoms. The topological polar surface area (TPSA) is 85.4 Å². The molecule has 0 radical (unpaired) electrons. The van der Waals surface area contributed by atoms with Crippen molar-refractivity contribution in [2.75, 3.05) is 52.6 Å². The van der Waals surface area contributed by atoms with Gasteiger partial charge in [0.15, 0.2) is 6.29 Å². The summed E-state index contributed by atoms with van der Waals surface area (Å²) >= 11 is 0. The predicted octanol–water partition coefficient (Wildman–Crippen LogP) is 0.933. The summed E-state index contributed by atoms with van der Waals surface area (Å²) in [5.74, 6) is 0.172. The van der Waals surface area contributed by atoms with Crippen LogP contribution in [-0.4, -0.2) is 82.4 Å². The molecule has 3 aliphatic rings. The second-order valence-corrected chi connectivity index (χ2v) is 9.22. The van der Waals surface area contributed by atoms with Crippen molar-refractivity contribution in [3.63, 3.8) is 0 Å². The molecule has 0 spiro atoms. The van der Waals surface area contributed by atoms with E-state index in [1.807, 2.05) is 0 Å². The minimum Gasteiger partial charge on any atom is -0.379 e. The monoisotopic (exact) mass is 410 g/mol. The van der Waals surface area contributed by atoms with Crippen LogP contribution in [0.25, 0.3) is 0 Å². The highest BCUT2D eigenvalue weighted by Gasteiger charge is 2.32. The van der Waals surface area contributed by atoms with Gasteiger partial charge in [-0.15, -0.1) is 0 Å². The van der Waals surface area contributed by atoms with Gasteiger partial charge >= 0.3 is 0 Å². The summed E-state index contributed by atoms with van der Waals surface area (Å²) in [6.45, 7) is 3.95. The van der Waals surface area contributed by atoms with Gasteiger partial charge in [0.2, 0.25) is 10.0 Å². The zero-order valence-electron chi connectivity index (χ0n) is 15.8. The number of nitrogens with zero attached hydrogens (tertiary/aromatic N) is 2. The molecule has 1 amide bonds. The normalized spacial score (nSPS) is 23.2. The Hall–Kier alpha value is -1.52. The van der Waals surface area contributed by atoms with Gasteiger partial charge in [0.05, 0.1) is 31.3 Å². The van der Waals surface area contributed by atoms with Gasteiger partial charge in [0, 0.05) is 37.7 Å². The summed E-state index contributed by atoms with van der Waals surface area (Å²) in [4.78, 5) is 14.9. The minimum atomic E-state index is -3.62. The number of likely N-dealkylation sites (tertiary alicyclic amines) is 1. The van der Waals surface area contributed by atoms with E-state index in [1.165, 1.54) is 10.4 Å². The number of rotatable bonds is 4. The Labute approximate surface area is 165 Å². The van der Waals surface area contributed by atoms with Gasteiger partial charge in [0.1, 0.15) is 0 Å². The number of carbonyl (C=O) groups excluding carboxylic acids is 1. The number of carbonyl (C=O) groups is 1. The van der Waals surface area contributed by atoms with Gasteiger partial charge in [0.25, 0.3) is 5.91 Å². The zero-order valence-corrected chi connectivity index (χ0v) is 16.6. The summed E-state index contributed by atoms with van der Waals surface area (Å²) in [5, 5.41) is 0. The van der Waals surface area contributed by atoms with E-state index in [0.717, 1.165) is 12.8 Å². The van der Waals surface area contributed by atoms with Crippen molar-refractivity contribution in [2.24, 2.45) is 5.92 Å². The van der Waals surface area contributed by atoms with Crippen molar-refractivity contribution in [3.8, 4) is 0 Å². The Morgan fingerprint density at radius 3 is 2.32 bits per heavy atom. The van der Waals surface area contributed by atoms with E-state index in [2.05, 4.69) is 0 Å². The molecule has 0 atom stereocenters. The molecule has 1 aromatic rings. The van der Waals surface area contributed by atoms with E-state index in [4.69, 9.17) is 14.2 Å². The van der Waals surface area contributed by atoms with Gasteiger partial charge < -0.3 is 19.1 Å². The van der Waals surface area contributed by atoms with Gasteiger partial charge in [-0.3, -0.25) is 4.79 Å². The van der Waals surface area contributed by atoms with Gasteiger partial charge in [-0.2, -0.15) is 4.31 Å². The highest BCUT2D eigenvalue weighted by Crippen LogP contribution is 2.27. The van der Waals surface area contributed by atoms with Gasteiger partial charge in [-0.25, -0.2) is 8.42 Å². The molecule has 154 valence electrons. The molecule has 0 unspecified atom stereocenters. The van der Waals surface area contributed by atoms with Crippen molar-refractivity contribution < 1.29 is 27.4 Å². The second kappa shape index (κ2) is 8.46. The Morgan fingerprint density at radius 1 is 0.964 bits per heavy atom. The van der Waals surface area contributed by atoms with E-state index in [9.17, 15) is 13.2 Å². The van der Waals surface area contributed by atoms with Crippen molar-refractivity contribution in [1.29, 1.82) is 0 Å². The van der Waals surface area contributed by atoms with E-state index in [-0.39, 0.29) is 17.1 Å². The van der Waals surface area contributed by atoms with Crippen LogP contribution in [0, 0.1) is 5.92 Å². The van der Waals surface area contributed by atoms with Crippen molar-refractivity contribution in [2.45, 2.75) is 24.0 Å². The quantitative estimate of drug-likeness (QED) is 0.734. The lowest BCUT2D eigenvalue weighted by atomic mass is 9.95. The third-order valence-electron chi connectivity index (χ3n) is 5.55. The maximum absolute atomic E-state index is 12.9. The average molecular weight is 410 g/mol. The smallest absolute Gasteiger partial charge is 0.253 e. The summed E-state index contributed by atoms with van der Waals surface area (Å²) in [6, 6.07) is 6.34. The first-order valence-electron chi connectivity index (χ1n) is 9.76. The largest absolute Gasteiger partial charge is 0.379 e. The van der Waals surface area contributed by atoms with Gasteiger partial charge in [-0.05, 0) is 31.0 Å². The lowest BCUT2D eigenvalue weighted by molar-refractivity contribution is -0.0956. The van der Waals surface area contributed by atoms with Crippen molar-refractivity contribution in [3.05, 3.63) is 29.8 Å². The fraction of sp³-hybridized carbons (Fsp3) is 0.632. The van der Waals surface area contributed by atoms with Crippen molar-refractivity contribution >= 4 is 15.9 Å². The summed E-state index contributed by atoms with van der Waals surface area (Å²) < 4.78 is 43.5. The number of ether oxygens (including phenoxy) is 3. The first-order valence-corrected chi connectivity index (χ1v) is 11.2. The van der Waals surface area contributed by atoms with Crippen LogP contribution < -0.4 is 0 Å². The number of morpholine rings is 1. The Balaban J connectivity index is 1.43. The highest BCUT2D eigenvalue weighted by molar-refractivity contribution is 7.89. The molecule has 0 saturated carbocycles. The summed E-state index contributed by atoms with van der Waals surface area (Å²) in [6.07, 6.45) is 1.49. The maximum Gasteiger partial charge on any atom is 0.253 e.